The Morgan fingerprint density at radius 1 is 0.952 bits per heavy atom. The summed E-state index contributed by atoms with van der Waals surface area (Å²) in [6.45, 7) is 2.78. The first-order valence-corrected chi connectivity index (χ1v) is 8.82. The Morgan fingerprint density at radius 2 is 1.48 bits per heavy atom. The molecular formula is C12H11I3N2O4. The lowest BCUT2D eigenvalue weighted by molar-refractivity contribution is -0.114. The van der Waals surface area contributed by atoms with E-state index in [9.17, 15) is 14.4 Å². The van der Waals surface area contributed by atoms with Gasteiger partial charge in [-0.2, -0.15) is 5.48 Å². The van der Waals surface area contributed by atoms with E-state index in [-0.39, 0.29) is 17.3 Å². The third-order valence-electron chi connectivity index (χ3n) is 2.37. The van der Waals surface area contributed by atoms with Crippen LogP contribution in [0.3, 0.4) is 0 Å². The zero-order valence-corrected chi connectivity index (χ0v) is 17.7. The van der Waals surface area contributed by atoms with Gasteiger partial charge in [0.1, 0.15) is 0 Å². The van der Waals surface area contributed by atoms with Crippen molar-refractivity contribution >= 4 is 91.1 Å². The first kappa shape index (κ1) is 19.0. The molecule has 0 saturated heterocycles. The third-order valence-corrected chi connectivity index (χ3v) is 5.61. The van der Waals surface area contributed by atoms with Crippen LogP contribution in [-0.2, 0) is 9.63 Å². The van der Waals surface area contributed by atoms with Gasteiger partial charge in [-0.25, -0.2) is 4.79 Å². The van der Waals surface area contributed by atoms with Gasteiger partial charge in [-0.15, -0.1) is 0 Å². The van der Waals surface area contributed by atoms with Crippen molar-refractivity contribution in [3.8, 4) is 0 Å². The van der Waals surface area contributed by atoms with Gasteiger partial charge >= 0.3 is 5.97 Å². The quantitative estimate of drug-likeness (QED) is 0.305. The minimum atomic E-state index is -0.614. The number of rotatable bonds is 4. The Kier molecular flexibility index (Phi) is 7.26. The number of benzene rings is 1. The van der Waals surface area contributed by atoms with E-state index in [2.05, 4.69) is 10.8 Å². The van der Waals surface area contributed by atoms with Crippen molar-refractivity contribution in [2.45, 2.75) is 13.8 Å². The highest BCUT2D eigenvalue weighted by Crippen LogP contribution is 2.36. The van der Waals surface area contributed by atoms with Crippen molar-refractivity contribution in [1.29, 1.82) is 0 Å². The van der Waals surface area contributed by atoms with Gasteiger partial charge in [-0.3, -0.25) is 9.59 Å². The molecule has 0 aliphatic rings. The molecule has 0 aliphatic heterocycles. The summed E-state index contributed by atoms with van der Waals surface area (Å²) in [5.41, 5.74) is 3.40. The minimum Gasteiger partial charge on any atom is -0.367 e. The number of anilines is 1. The molecule has 114 valence electrons. The van der Waals surface area contributed by atoms with E-state index in [1.165, 1.54) is 20.9 Å². The van der Waals surface area contributed by atoms with E-state index >= 15 is 0 Å². The first-order valence-electron chi connectivity index (χ1n) is 5.59. The van der Waals surface area contributed by atoms with Gasteiger partial charge in [0.15, 0.2) is 5.78 Å². The largest absolute Gasteiger partial charge is 0.367 e. The second kappa shape index (κ2) is 8.01. The molecule has 0 heterocycles. The number of amides is 1. The normalized spacial score (nSPS) is 10.2. The van der Waals surface area contributed by atoms with Crippen molar-refractivity contribution in [3.05, 3.63) is 21.8 Å². The standard InChI is InChI=1S/C12H11I3N2O4/c1-4(18)6-8(13)7(12(20)21-16-3)10(15)11(9(6)14)17-5(2)19/h16H,1-3H3,(H,17,19). The summed E-state index contributed by atoms with van der Waals surface area (Å²) in [4.78, 5) is 40.1. The van der Waals surface area contributed by atoms with Crippen LogP contribution in [0.1, 0.15) is 34.6 Å². The summed E-state index contributed by atoms with van der Waals surface area (Å²) in [6, 6.07) is 0. The molecule has 0 unspecified atom stereocenters. The van der Waals surface area contributed by atoms with Crippen LogP contribution in [0.4, 0.5) is 5.69 Å². The van der Waals surface area contributed by atoms with Gasteiger partial charge in [0.2, 0.25) is 5.91 Å². The summed E-state index contributed by atoms with van der Waals surface area (Å²) in [5, 5.41) is 2.66. The van der Waals surface area contributed by atoms with Crippen LogP contribution in [-0.4, -0.2) is 24.7 Å². The monoisotopic (exact) mass is 628 g/mol. The third kappa shape index (κ3) is 4.25. The molecule has 0 radical (unpaired) electrons. The zero-order valence-electron chi connectivity index (χ0n) is 11.3. The van der Waals surface area contributed by atoms with Crippen LogP contribution in [0.15, 0.2) is 0 Å². The Bertz CT molecular complexity index is 632. The number of carbonyl (C=O) groups is 3. The van der Waals surface area contributed by atoms with Crippen LogP contribution in [0.25, 0.3) is 0 Å². The van der Waals surface area contributed by atoms with E-state index in [0.29, 0.717) is 22.0 Å². The van der Waals surface area contributed by atoms with Gasteiger partial charge in [0, 0.05) is 26.7 Å². The van der Waals surface area contributed by atoms with E-state index in [0.717, 1.165) is 0 Å². The van der Waals surface area contributed by atoms with Crippen molar-refractivity contribution in [2.75, 3.05) is 12.4 Å². The molecule has 9 heteroatoms. The summed E-state index contributed by atoms with van der Waals surface area (Å²) >= 11 is 5.89. The average Bonchev–Trinajstić information content (AvgIpc) is 2.34. The summed E-state index contributed by atoms with van der Waals surface area (Å²) in [6.07, 6.45) is 0. The number of carbonyl (C=O) groups excluding carboxylic acids is 3. The molecule has 0 spiro atoms. The van der Waals surface area contributed by atoms with E-state index in [1.54, 1.807) is 0 Å². The van der Waals surface area contributed by atoms with Gasteiger partial charge in [0.05, 0.1) is 14.8 Å². The van der Waals surface area contributed by atoms with Crippen molar-refractivity contribution < 1.29 is 19.2 Å². The molecule has 0 aliphatic carbocycles. The molecule has 0 fully saturated rings. The van der Waals surface area contributed by atoms with Crippen LogP contribution in [0.5, 0.6) is 0 Å². The van der Waals surface area contributed by atoms with Crippen LogP contribution in [0.2, 0.25) is 0 Å². The fourth-order valence-corrected chi connectivity index (χ4v) is 6.22. The Morgan fingerprint density at radius 3 is 1.90 bits per heavy atom. The lowest BCUT2D eigenvalue weighted by Crippen LogP contribution is -2.21. The summed E-state index contributed by atoms with van der Waals surface area (Å²) in [7, 11) is 1.46. The first-order chi connectivity index (χ1) is 9.72. The molecule has 0 saturated carbocycles. The van der Waals surface area contributed by atoms with Gasteiger partial charge in [-0.1, -0.05) is 0 Å². The Balaban J connectivity index is 3.71. The van der Waals surface area contributed by atoms with Crippen LogP contribution >= 0.6 is 67.8 Å². The highest BCUT2D eigenvalue weighted by atomic mass is 127. The van der Waals surface area contributed by atoms with E-state index in [4.69, 9.17) is 4.84 Å². The molecule has 0 aromatic heterocycles. The SMILES string of the molecule is CNOC(=O)c1c(I)c(NC(C)=O)c(I)c(C(C)=O)c1I. The molecule has 1 rings (SSSR count). The van der Waals surface area contributed by atoms with Crippen LogP contribution in [0, 0.1) is 10.7 Å². The topological polar surface area (TPSA) is 84.5 Å². The number of hydroxylamine groups is 1. The maximum Gasteiger partial charge on any atom is 0.359 e. The lowest BCUT2D eigenvalue weighted by atomic mass is 10.1. The van der Waals surface area contributed by atoms with Crippen molar-refractivity contribution in [2.24, 2.45) is 0 Å². The fourth-order valence-electron chi connectivity index (χ4n) is 1.58. The minimum absolute atomic E-state index is 0.190. The summed E-state index contributed by atoms with van der Waals surface area (Å²) < 4.78 is 1.63. The molecule has 1 aromatic carbocycles. The maximum absolute atomic E-state index is 12.1. The summed E-state index contributed by atoms with van der Waals surface area (Å²) in [5.74, 6) is -1.09. The van der Waals surface area contributed by atoms with E-state index < -0.39 is 5.97 Å². The van der Waals surface area contributed by atoms with Crippen molar-refractivity contribution in [1.82, 2.24) is 5.48 Å². The Labute approximate surface area is 162 Å². The van der Waals surface area contributed by atoms with Crippen molar-refractivity contribution in [3.63, 3.8) is 0 Å². The van der Waals surface area contributed by atoms with Gasteiger partial charge < -0.3 is 10.2 Å². The predicted octanol–water partition coefficient (Wildman–Crippen LogP) is 2.95. The second-order valence-corrected chi connectivity index (χ2v) is 7.13. The molecular weight excluding hydrogens is 617 g/mol. The molecule has 0 bridgehead atoms. The van der Waals surface area contributed by atoms with Gasteiger partial charge in [0.25, 0.3) is 0 Å². The van der Waals surface area contributed by atoms with E-state index in [1.807, 2.05) is 67.8 Å². The molecule has 0 atom stereocenters. The molecule has 21 heavy (non-hydrogen) atoms. The fraction of sp³-hybridized carbons (Fsp3) is 0.250. The molecule has 1 aromatic rings. The predicted molar refractivity (Wildman–Crippen MR) is 103 cm³/mol. The van der Waals surface area contributed by atoms with Crippen LogP contribution < -0.4 is 10.8 Å². The smallest absolute Gasteiger partial charge is 0.359 e. The second-order valence-electron chi connectivity index (χ2n) is 3.90. The highest BCUT2D eigenvalue weighted by molar-refractivity contribution is 14.1. The van der Waals surface area contributed by atoms with Gasteiger partial charge in [-0.05, 0) is 74.7 Å². The Hall–Kier alpha value is -0.0200. The number of hydrogen-bond acceptors (Lipinski definition) is 5. The number of halogens is 3. The zero-order chi connectivity index (χ0) is 16.3. The number of Topliss-reactive ketones (excluding diaryl/α,β-unsaturated/α-hetero) is 1. The molecule has 2 N–H and O–H groups in total. The number of hydrogen-bond donors (Lipinski definition) is 2. The number of nitrogens with one attached hydrogen (secondary N) is 2. The molecule has 6 nitrogen and oxygen atoms in total. The lowest BCUT2D eigenvalue weighted by Gasteiger charge is -2.17. The average molecular weight is 628 g/mol. The number of ketones is 1. The molecule has 1 amide bonds. The maximum atomic E-state index is 12.1. The highest BCUT2D eigenvalue weighted by Gasteiger charge is 2.27.